The Hall–Kier alpha value is -0.930. The molecular formula is C17H26FNO. The number of halogens is 1. The maximum atomic E-state index is 13.0. The highest BCUT2D eigenvalue weighted by Gasteiger charge is 2.40. The Kier molecular flexibility index (Phi) is 5.17. The van der Waals surface area contributed by atoms with Crippen molar-refractivity contribution in [1.29, 1.82) is 0 Å². The van der Waals surface area contributed by atoms with Gasteiger partial charge in [-0.05, 0) is 49.8 Å². The van der Waals surface area contributed by atoms with Gasteiger partial charge >= 0.3 is 0 Å². The van der Waals surface area contributed by atoms with E-state index in [4.69, 9.17) is 10.5 Å². The molecule has 1 fully saturated rings. The maximum Gasteiger partial charge on any atom is 0.123 e. The minimum Gasteiger partial charge on any atom is -0.374 e. The van der Waals surface area contributed by atoms with Crippen molar-refractivity contribution in [3.8, 4) is 0 Å². The van der Waals surface area contributed by atoms with E-state index < -0.39 is 0 Å². The summed E-state index contributed by atoms with van der Waals surface area (Å²) in [5, 5.41) is 0. The van der Waals surface area contributed by atoms with Crippen LogP contribution in [0, 0.1) is 11.7 Å². The Morgan fingerprint density at radius 1 is 1.40 bits per heavy atom. The fraction of sp³-hybridized carbons (Fsp3) is 0.647. The Morgan fingerprint density at radius 3 is 2.70 bits per heavy atom. The van der Waals surface area contributed by atoms with E-state index in [1.807, 2.05) is 19.1 Å². The number of benzene rings is 1. The quantitative estimate of drug-likeness (QED) is 0.892. The van der Waals surface area contributed by atoms with E-state index in [2.05, 4.69) is 6.92 Å². The molecule has 1 saturated carbocycles. The molecule has 3 atom stereocenters. The number of hydrogen-bond acceptors (Lipinski definition) is 2. The van der Waals surface area contributed by atoms with Crippen LogP contribution in [0.3, 0.4) is 0 Å². The highest BCUT2D eigenvalue weighted by atomic mass is 19.1. The lowest BCUT2D eigenvalue weighted by molar-refractivity contribution is -0.0925. The van der Waals surface area contributed by atoms with Gasteiger partial charge in [0.15, 0.2) is 0 Å². The molecular weight excluding hydrogens is 253 g/mol. The van der Waals surface area contributed by atoms with E-state index in [1.165, 1.54) is 25.0 Å². The first kappa shape index (κ1) is 15.5. The minimum atomic E-state index is -0.208. The molecule has 2 rings (SSSR count). The molecule has 3 heteroatoms. The largest absolute Gasteiger partial charge is 0.374 e. The summed E-state index contributed by atoms with van der Waals surface area (Å²) in [5.41, 5.74) is 7.36. The number of rotatable bonds is 5. The van der Waals surface area contributed by atoms with Crippen LogP contribution >= 0.6 is 0 Å². The monoisotopic (exact) mass is 279 g/mol. The van der Waals surface area contributed by atoms with Crippen molar-refractivity contribution in [2.75, 3.05) is 6.61 Å². The molecule has 0 spiro atoms. The lowest BCUT2D eigenvalue weighted by atomic mass is 9.73. The summed E-state index contributed by atoms with van der Waals surface area (Å²) in [6.07, 6.45) is 5.25. The first-order valence-corrected chi connectivity index (χ1v) is 7.70. The van der Waals surface area contributed by atoms with Gasteiger partial charge in [0.1, 0.15) is 5.82 Å². The van der Waals surface area contributed by atoms with Gasteiger partial charge in [-0.3, -0.25) is 0 Å². The van der Waals surface area contributed by atoms with Crippen molar-refractivity contribution in [3.05, 3.63) is 35.6 Å². The predicted octanol–water partition coefficient (Wildman–Crippen LogP) is 3.68. The van der Waals surface area contributed by atoms with Crippen LogP contribution in [0.5, 0.6) is 0 Å². The third-order valence-electron chi connectivity index (χ3n) is 4.47. The molecule has 0 aromatic heterocycles. The third kappa shape index (κ3) is 3.58. The molecule has 0 amide bonds. The SMILES string of the molecule is CCOC1(C(N)Cc2ccc(F)cc2)CCCC(C)C1. The molecule has 0 saturated heterocycles. The summed E-state index contributed by atoms with van der Waals surface area (Å²) in [6.45, 7) is 5.01. The molecule has 0 radical (unpaired) electrons. The Bertz CT molecular complexity index is 416. The average molecular weight is 279 g/mol. The second kappa shape index (κ2) is 6.68. The van der Waals surface area contributed by atoms with E-state index in [0.717, 1.165) is 24.8 Å². The van der Waals surface area contributed by atoms with Crippen LogP contribution in [-0.2, 0) is 11.2 Å². The van der Waals surface area contributed by atoms with Crippen molar-refractivity contribution >= 4 is 0 Å². The van der Waals surface area contributed by atoms with Crippen molar-refractivity contribution in [3.63, 3.8) is 0 Å². The summed E-state index contributed by atoms with van der Waals surface area (Å²) in [7, 11) is 0. The highest BCUT2D eigenvalue weighted by molar-refractivity contribution is 5.18. The lowest BCUT2D eigenvalue weighted by Crippen LogP contribution is -2.53. The second-order valence-corrected chi connectivity index (χ2v) is 6.14. The van der Waals surface area contributed by atoms with Gasteiger partial charge in [-0.25, -0.2) is 4.39 Å². The van der Waals surface area contributed by atoms with Gasteiger partial charge in [0.05, 0.1) is 5.60 Å². The summed E-state index contributed by atoms with van der Waals surface area (Å²) in [4.78, 5) is 0. The van der Waals surface area contributed by atoms with Gasteiger partial charge in [-0.2, -0.15) is 0 Å². The summed E-state index contributed by atoms with van der Waals surface area (Å²) in [6, 6.07) is 6.61. The first-order chi connectivity index (χ1) is 9.55. The van der Waals surface area contributed by atoms with Crippen LogP contribution in [0.25, 0.3) is 0 Å². The van der Waals surface area contributed by atoms with Crippen molar-refractivity contribution in [2.24, 2.45) is 11.7 Å². The van der Waals surface area contributed by atoms with E-state index >= 15 is 0 Å². The molecule has 1 aromatic carbocycles. The Labute approximate surface area is 121 Å². The molecule has 1 aromatic rings. The molecule has 112 valence electrons. The zero-order valence-corrected chi connectivity index (χ0v) is 12.6. The lowest BCUT2D eigenvalue weighted by Gasteiger charge is -2.44. The fourth-order valence-electron chi connectivity index (χ4n) is 3.47. The van der Waals surface area contributed by atoms with Crippen LogP contribution in [0.1, 0.15) is 45.1 Å². The van der Waals surface area contributed by atoms with Crippen LogP contribution in [0.15, 0.2) is 24.3 Å². The molecule has 0 bridgehead atoms. The van der Waals surface area contributed by atoms with Gasteiger partial charge in [-0.1, -0.05) is 31.9 Å². The smallest absolute Gasteiger partial charge is 0.123 e. The molecule has 0 heterocycles. The van der Waals surface area contributed by atoms with Crippen LogP contribution in [0.4, 0.5) is 4.39 Å². The molecule has 2 nitrogen and oxygen atoms in total. The van der Waals surface area contributed by atoms with E-state index in [0.29, 0.717) is 12.5 Å². The summed E-state index contributed by atoms with van der Waals surface area (Å²) >= 11 is 0. The topological polar surface area (TPSA) is 35.2 Å². The fourth-order valence-corrected chi connectivity index (χ4v) is 3.47. The summed E-state index contributed by atoms with van der Waals surface area (Å²) < 4.78 is 19.1. The van der Waals surface area contributed by atoms with Crippen molar-refractivity contribution in [2.45, 2.75) is 57.6 Å². The Morgan fingerprint density at radius 2 is 2.10 bits per heavy atom. The van der Waals surface area contributed by atoms with Gasteiger partial charge < -0.3 is 10.5 Å². The second-order valence-electron chi connectivity index (χ2n) is 6.14. The highest BCUT2D eigenvalue weighted by Crippen LogP contribution is 2.38. The van der Waals surface area contributed by atoms with Crippen LogP contribution in [0.2, 0.25) is 0 Å². The van der Waals surface area contributed by atoms with Gasteiger partial charge in [0, 0.05) is 12.6 Å². The molecule has 1 aliphatic rings. The zero-order chi connectivity index (χ0) is 14.6. The molecule has 3 unspecified atom stereocenters. The number of ether oxygens (including phenoxy) is 1. The molecule has 1 aliphatic carbocycles. The molecule has 0 aliphatic heterocycles. The standard InChI is InChI=1S/C17H26FNO/c1-3-20-17(10-4-5-13(2)12-17)16(19)11-14-6-8-15(18)9-7-14/h6-9,13,16H,3-5,10-12,19H2,1-2H3. The van der Waals surface area contributed by atoms with E-state index in [-0.39, 0.29) is 17.5 Å². The van der Waals surface area contributed by atoms with Crippen molar-refractivity contribution in [1.82, 2.24) is 0 Å². The predicted molar refractivity (Wildman–Crippen MR) is 80.1 cm³/mol. The maximum absolute atomic E-state index is 13.0. The van der Waals surface area contributed by atoms with Crippen LogP contribution in [-0.4, -0.2) is 18.2 Å². The normalized spacial score (nSPS) is 28.3. The zero-order valence-electron chi connectivity index (χ0n) is 12.6. The third-order valence-corrected chi connectivity index (χ3v) is 4.47. The van der Waals surface area contributed by atoms with Gasteiger partial charge in [0.2, 0.25) is 0 Å². The average Bonchev–Trinajstić information content (AvgIpc) is 2.41. The molecule has 20 heavy (non-hydrogen) atoms. The molecule has 2 N–H and O–H groups in total. The Balaban J connectivity index is 2.10. The van der Waals surface area contributed by atoms with Gasteiger partial charge in [-0.15, -0.1) is 0 Å². The van der Waals surface area contributed by atoms with E-state index in [9.17, 15) is 4.39 Å². The van der Waals surface area contributed by atoms with Crippen LogP contribution < -0.4 is 5.73 Å². The van der Waals surface area contributed by atoms with Gasteiger partial charge in [0.25, 0.3) is 0 Å². The number of hydrogen-bond donors (Lipinski definition) is 1. The first-order valence-electron chi connectivity index (χ1n) is 7.70. The van der Waals surface area contributed by atoms with E-state index in [1.54, 1.807) is 0 Å². The summed E-state index contributed by atoms with van der Waals surface area (Å²) in [5.74, 6) is 0.461. The van der Waals surface area contributed by atoms with Crippen molar-refractivity contribution < 1.29 is 9.13 Å². The number of nitrogens with two attached hydrogens (primary N) is 1. The minimum absolute atomic E-state index is 0.0318.